The minimum absolute atomic E-state index is 0.0106. The third-order valence-electron chi connectivity index (χ3n) is 6.22. The molecule has 0 saturated heterocycles. The van der Waals surface area contributed by atoms with E-state index >= 15 is 0 Å². The van der Waals surface area contributed by atoms with Gasteiger partial charge in [0.2, 0.25) is 0 Å². The fraction of sp³-hybridized carbons (Fsp3) is 1.00. The Labute approximate surface area is 92.0 Å². The van der Waals surface area contributed by atoms with Gasteiger partial charge in [-0.15, -0.1) is 0 Å². The molecule has 3 saturated carbocycles. The second kappa shape index (κ2) is 2.43. The highest BCUT2D eigenvalue weighted by Crippen LogP contribution is 2.81. The Kier molecular flexibility index (Phi) is 1.64. The fourth-order valence-electron chi connectivity index (χ4n) is 4.78. The molecule has 1 N–H and O–H groups in total. The molecule has 0 amide bonds. The van der Waals surface area contributed by atoms with Gasteiger partial charge in [-0.2, -0.15) is 0 Å². The molecule has 3 aliphatic rings. The van der Waals surface area contributed by atoms with Gasteiger partial charge >= 0.3 is 0 Å². The van der Waals surface area contributed by atoms with Gasteiger partial charge in [-0.25, -0.2) is 0 Å². The third-order valence-corrected chi connectivity index (χ3v) is 6.22. The molecule has 0 aromatic heterocycles. The SMILES string of the molecule is CO[C@@]12C[C@@H]3[C@H](C[C@]1(C)C2CO)C3(C)C. The Hall–Kier alpha value is -0.0800. The molecule has 0 radical (unpaired) electrons. The van der Waals surface area contributed by atoms with Crippen LogP contribution >= 0.6 is 0 Å². The van der Waals surface area contributed by atoms with E-state index < -0.39 is 0 Å². The lowest BCUT2D eigenvalue weighted by Crippen LogP contribution is -2.26. The molecule has 1 unspecified atom stereocenters. The van der Waals surface area contributed by atoms with Crippen LogP contribution in [0.4, 0.5) is 0 Å². The van der Waals surface area contributed by atoms with Crippen LogP contribution in [0.2, 0.25) is 0 Å². The second-order valence-corrected chi connectivity index (χ2v) is 6.69. The Morgan fingerprint density at radius 3 is 2.33 bits per heavy atom. The number of fused-ring (bicyclic) bond motifs is 2. The van der Waals surface area contributed by atoms with E-state index in [0.29, 0.717) is 17.9 Å². The molecular formula is C13H22O2. The summed E-state index contributed by atoms with van der Waals surface area (Å²) in [5.41, 5.74) is 0.796. The molecule has 2 nitrogen and oxygen atoms in total. The average molecular weight is 210 g/mol. The molecule has 3 rings (SSSR count). The van der Waals surface area contributed by atoms with Gasteiger partial charge in [0.15, 0.2) is 0 Å². The van der Waals surface area contributed by atoms with Crippen LogP contribution in [0, 0.1) is 28.6 Å². The Morgan fingerprint density at radius 1 is 1.20 bits per heavy atom. The van der Waals surface area contributed by atoms with Gasteiger partial charge in [0, 0.05) is 25.0 Å². The first kappa shape index (κ1) is 10.1. The zero-order valence-electron chi connectivity index (χ0n) is 10.2. The van der Waals surface area contributed by atoms with Crippen molar-refractivity contribution in [2.45, 2.75) is 39.2 Å². The molecule has 86 valence electrons. The molecule has 3 fully saturated rings. The van der Waals surface area contributed by atoms with Crippen molar-refractivity contribution in [2.75, 3.05) is 13.7 Å². The molecule has 0 aromatic rings. The number of hydrogen-bond acceptors (Lipinski definition) is 2. The molecule has 0 aromatic carbocycles. The van der Waals surface area contributed by atoms with Crippen molar-refractivity contribution in [3.63, 3.8) is 0 Å². The molecule has 15 heavy (non-hydrogen) atoms. The van der Waals surface area contributed by atoms with Crippen molar-refractivity contribution in [3.05, 3.63) is 0 Å². The van der Waals surface area contributed by atoms with Crippen molar-refractivity contribution < 1.29 is 9.84 Å². The first-order valence-electron chi connectivity index (χ1n) is 6.10. The van der Waals surface area contributed by atoms with E-state index in [-0.39, 0.29) is 11.0 Å². The first-order valence-corrected chi connectivity index (χ1v) is 6.10. The summed E-state index contributed by atoms with van der Waals surface area (Å²) >= 11 is 0. The Balaban J connectivity index is 1.89. The number of aliphatic hydroxyl groups is 1. The minimum atomic E-state index is 0.0106. The third kappa shape index (κ3) is 0.861. The van der Waals surface area contributed by atoms with Gasteiger partial charge in [-0.05, 0) is 30.1 Å². The molecule has 0 spiro atoms. The van der Waals surface area contributed by atoms with Gasteiger partial charge in [0.25, 0.3) is 0 Å². The number of rotatable bonds is 2. The zero-order chi connectivity index (χ0) is 11.1. The van der Waals surface area contributed by atoms with Crippen LogP contribution in [0.15, 0.2) is 0 Å². The fourth-order valence-corrected chi connectivity index (χ4v) is 4.78. The van der Waals surface area contributed by atoms with E-state index in [9.17, 15) is 5.11 Å². The van der Waals surface area contributed by atoms with E-state index in [1.165, 1.54) is 12.8 Å². The maximum atomic E-state index is 9.45. The van der Waals surface area contributed by atoms with E-state index in [1.807, 2.05) is 7.11 Å². The summed E-state index contributed by atoms with van der Waals surface area (Å²) in [4.78, 5) is 0. The highest BCUT2D eigenvalue weighted by Gasteiger charge is 2.82. The standard InChI is InChI=1S/C13H22O2/c1-11(2)8-5-12(3)10(7-14)13(12,15-4)6-9(8)11/h8-10,14H,5-7H2,1-4H3/t8-,9+,10?,12+,13+/m0/s1. The molecular weight excluding hydrogens is 188 g/mol. The van der Waals surface area contributed by atoms with Crippen molar-refractivity contribution >= 4 is 0 Å². The van der Waals surface area contributed by atoms with Crippen LogP contribution in [0.25, 0.3) is 0 Å². The zero-order valence-corrected chi connectivity index (χ0v) is 10.2. The van der Waals surface area contributed by atoms with Crippen LogP contribution in [-0.2, 0) is 4.74 Å². The average Bonchev–Trinajstić information content (AvgIpc) is 2.92. The Bertz CT molecular complexity index is 312. The lowest BCUT2D eigenvalue weighted by Gasteiger charge is -2.25. The minimum Gasteiger partial charge on any atom is -0.396 e. The molecule has 3 aliphatic carbocycles. The summed E-state index contributed by atoms with van der Waals surface area (Å²) in [7, 11) is 1.82. The van der Waals surface area contributed by atoms with Crippen LogP contribution in [0.3, 0.4) is 0 Å². The molecule has 5 atom stereocenters. The highest BCUT2D eigenvalue weighted by atomic mass is 16.5. The van der Waals surface area contributed by atoms with E-state index in [1.54, 1.807) is 0 Å². The number of aliphatic hydroxyl groups excluding tert-OH is 1. The highest BCUT2D eigenvalue weighted by molar-refractivity contribution is 5.30. The summed E-state index contributed by atoms with van der Waals surface area (Å²) in [6, 6.07) is 0. The summed E-state index contributed by atoms with van der Waals surface area (Å²) < 4.78 is 5.79. The van der Waals surface area contributed by atoms with Crippen molar-refractivity contribution in [1.82, 2.24) is 0 Å². The van der Waals surface area contributed by atoms with Crippen LogP contribution in [0.5, 0.6) is 0 Å². The number of hydrogen-bond donors (Lipinski definition) is 1. The normalized spacial score (nSPS) is 59.4. The molecule has 0 bridgehead atoms. The topological polar surface area (TPSA) is 29.5 Å². The smallest absolute Gasteiger partial charge is 0.0795 e. The van der Waals surface area contributed by atoms with Gasteiger partial charge in [0.05, 0.1) is 5.60 Å². The predicted molar refractivity (Wildman–Crippen MR) is 58.4 cm³/mol. The summed E-state index contributed by atoms with van der Waals surface area (Å²) in [5.74, 6) is 2.10. The monoisotopic (exact) mass is 210 g/mol. The van der Waals surface area contributed by atoms with Crippen LogP contribution in [0.1, 0.15) is 33.6 Å². The van der Waals surface area contributed by atoms with Gasteiger partial charge in [0.1, 0.15) is 0 Å². The van der Waals surface area contributed by atoms with Gasteiger partial charge in [-0.3, -0.25) is 0 Å². The van der Waals surface area contributed by atoms with Gasteiger partial charge < -0.3 is 9.84 Å². The molecule has 0 heterocycles. The number of methoxy groups -OCH3 is 1. The quantitative estimate of drug-likeness (QED) is 0.756. The van der Waals surface area contributed by atoms with Crippen LogP contribution < -0.4 is 0 Å². The molecule has 0 aliphatic heterocycles. The lowest BCUT2D eigenvalue weighted by atomic mass is 9.87. The van der Waals surface area contributed by atoms with Crippen molar-refractivity contribution in [1.29, 1.82) is 0 Å². The largest absolute Gasteiger partial charge is 0.396 e. The van der Waals surface area contributed by atoms with Crippen molar-refractivity contribution in [2.24, 2.45) is 28.6 Å². The predicted octanol–water partition coefficient (Wildman–Crippen LogP) is 2.07. The van der Waals surface area contributed by atoms with Crippen molar-refractivity contribution in [3.8, 4) is 0 Å². The Morgan fingerprint density at radius 2 is 1.80 bits per heavy atom. The summed E-state index contributed by atoms with van der Waals surface area (Å²) in [6.45, 7) is 7.37. The van der Waals surface area contributed by atoms with Gasteiger partial charge in [-0.1, -0.05) is 20.8 Å². The van der Waals surface area contributed by atoms with E-state index in [2.05, 4.69) is 20.8 Å². The van der Waals surface area contributed by atoms with E-state index in [4.69, 9.17) is 4.74 Å². The van der Waals surface area contributed by atoms with E-state index in [0.717, 1.165) is 11.8 Å². The second-order valence-electron chi connectivity index (χ2n) is 6.69. The summed E-state index contributed by atoms with van der Waals surface area (Å²) in [6.07, 6.45) is 2.42. The molecule has 2 heteroatoms. The first-order chi connectivity index (χ1) is 6.94. The maximum absolute atomic E-state index is 9.45. The maximum Gasteiger partial charge on any atom is 0.0795 e. The lowest BCUT2D eigenvalue weighted by molar-refractivity contribution is 0.00799. The number of ether oxygens (including phenoxy) is 1. The summed E-state index contributed by atoms with van der Waals surface area (Å²) in [5, 5.41) is 9.45. The van der Waals surface area contributed by atoms with Crippen LogP contribution in [-0.4, -0.2) is 24.4 Å².